The van der Waals surface area contributed by atoms with Crippen molar-refractivity contribution in [3.63, 3.8) is 0 Å². The fourth-order valence-corrected chi connectivity index (χ4v) is 4.07. The summed E-state index contributed by atoms with van der Waals surface area (Å²) >= 11 is 7.20. The van der Waals surface area contributed by atoms with Crippen LogP contribution in [0.1, 0.15) is 20.3 Å². The van der Waals surface area contributed by atoms with E-state index in [0.717, 1.165) is 6.42 Å². The van der Waals surface area contributed by atoms with Crippen molar-refractivity contribution in [3.05, 3.63) is 0 Å². The summed E-state index contributed by atoms with van der Waals surface area (Å²) in [5, 5.41) is 0. The summed E-state index contributed by atoms with van der Waals surface area (Å²) in [6.07, 6.45) is 0.243. The molecule has 92 valence electrons. The highest BCUT2D eigenvalue weighted by atomic mass is 79.9. The van der Waals surface area contributed by atoms with Crippen LogP contribution in [0, 0.1) is 0 Å². The van der Waals surface area contributed by atoms with Crippen LogP contribution in [-0.2, 0) is 18.9 Å². The maximum atomic E-state index is 5.93. The molecule has 0 aromatic carbocycles. The van der Waals surface area contributed by atoms with E-state index in [-0.39, 0.29) is 27.3 Å². The maximum Gasteiger partial charge on any atom is 0.187 e. The topological polar surface area (TPSA) is 36.9 Å². The summed E-state index contributed by atoms with van der Waals surface area (Å²) in [5.74, 6) is -0.568. The van der Waals surface area contributed by atoms with Gasteiger partial charge in [-0.05, 0) is 13.8 Å². The van der Waals surface area contributed by atoms with E-state index in [1.54, 1.807) is 7.11 Å². The highest BCUT2D eigenvalue weighted by molar-refractivity contribution is 9.25. The van der Waals surface area contributed by atoms with Gasteiger partial charge in [0.15, 0.2) is 12.1 Å². The average molecular weight is 358 g/mol. The van der Waals surface area contributed by atoms with Crippen LogP contribution in [-0.4, -0.2) is 40.2 Å². The molecule has 1 saturated carbocycles. The van der Waals surface area contributed by atoms with E-state index in [1.807, 2.05) is 13.8 Å². The zero-order valence-corrected chi connectivity index (χ0v) is 12.5. The number of ether oxygens (including phenoxy) is 4. The van der Waals surface area contributed by atoms with Gasteiger partial charge >= 0.3 is 0 Å². The van der Waals surface area contributed by atoms with Crippen LogP contribution in [0.25, 0.3) is 0 Å². The summed E-state index contributed by atoms with van der Waals surface area (Å²) in [6.45, 7) is 3.83. The molecule has 0 bridgehead atoms. The lowest BCUT2D eigenvalue weighted by Gasteiger charge is -2.24. The lowest BCUT2D eigenvalue weighted by atomic mass is 10.1. The van der Waals surface area contributed by atoms with E-state index in [2.05, 4.69) is 31.9 Å². The monoisotopic (exact) mass is 356 g/mol. The third-order valence-electron chi connectivity index (χ3n) is 3.39. The van der Waals surface area contributed by atoms with E-state index >= 15 is 0 Å². The zero-order chi connectivity index (χ0) is 11.8. The Morgan fingerprint density at radius 2 is 1.81 bits per heavy atom. The zero-order valence-electron chi connectivity index (χ0n) is 9.33. The minimum absolute atomic E-state index is 0.0915. The lowest BCUT2D eigenvalue weighted by molar-refractivity contribution is -0.232. The number of hydrogen-bond donors (Lipinski definition) is 0. The fourth-order valence-electron chi connectivity index (χ4n) is 2.59. The standard InChI is InChI=1S/C10H14Br2O4/c1-8(2)14-5-6(15-8)9(4-10(9,11)12)16-7(5)13-3/h5-7H,4H2,1-3H3/t5-,6?,7+,9+/m0/s1. The molecular weight excluding hydrogens is 344 g/mol. The molecule has 3 rings (SSSR count). The van der Waals surface area contributed by atoms with E-state index < -0.39 is 5.79 Å². The number of halogens is 2. The Labute approximate surface area is 111 Å². The van der Waals surface area contributed by atoms with Crippen molar-refractivity contribution >= 4 is 31.9 Å². The third kappa shape index (κ3) is 1.40. The SMILES string of the molecule is CO[C@@H]1O[C@]2(CC2(Br)Br)C2OC(C)(C)O[C@@H]21. The first-order valence-electron chi connectivity index (χ1n) is 5.25. The summed E-state index contributed by atoms with van der Waals surface area (Å²) in [5.41, 5.74) is -0.369. The number of methoxy groups -OCH3 is 1. The molecule has 6 heteroatoms. The van der Waals surface area contributed by atoms with E-state index in [4.69, 9.17) is 18.9 Å². The van der Waals surface area contributed by atoms with Crippen LogP contribution < -0.4 is 0 Å². The van der Waals surface area contributed by atoms with Crippen LogP contribution in [0.2, 0.25) is 0 Å². The van der Waals surface area contributed by atoms with Crippen molar-refractivity contribution in [1.82, 2.24) is 0 Å². The van der Waals surface area contributed by atoms with Crippen LogP contribution >= 0.6 is 31.9 Å². The smallest absolute Gasteiger partial charge is 0.187 e. The molecule has 2 aliphatic heterocycles. The second-order valence-electron chi connectivity index (χ2n) is 5.01. The molecule has 0 aromatic rings. The van der Waals surface area contributed by atoms with Crippen molar-refractivity contribution in [2.75, 3.05) is 7.11 Å². The van der Waals surface area contributed by atoms with E-state index in [0.29, 0.717) is 0 Å². The first-order valence-corrected chi connectivity index (χ1v) is 6.84. The Morgan fingerprint density at radius 1 is 1.19 bits per heavy atom. The summed E-state index contributed by atoms with van der Waals surface area (Å²) < 4.78 is 22.8. The van der Waals surface area contributed by atoms with E-state index in [1.165, 1.54) is 0 Å². The number of fused-ring (bicyclic) bond motifs is 2. The molecule has 1 unspecified atom stereocenters. The quantitative estimate of drug-likeness (QED) is 0.674. The normalized spacial score (nSPS) is 51.9. The van der Waals surface area contributed by atoms with Crippen LogP contribution in [0.5, 0.6) is 0 Å². The van der Waals surface area contributed by atoms with Gasteiger partial charge in [0.25, 0.3) is 0 Å². The highest BCUT2D eigenvalue weighted by Gasteiger charge is 2.80. The molecule has 2 saturated heterocycles. The molecule has 1 aliphatic carbocycles. The van der Waals surface area contributed by atoms with Crippen molar-refractivity contribution in [2.24, 2.45) is 0 Å². The van der Waals surface area contributed by atoms with Gasteiger partial charge in [-0.1, -0.05) is 31.9 Å². The van der Waals surface area contributed by atoms with Gasteiger partial charge in [-0.3, -0.25) is 0 Å². The van der Waals surface area contributed by atoms with Gasteiger partial charge in [0.1, 0.15) is 21.0 Å². The lowest BCUT2D eigenvalue weighted by Crippen LogP contribution is -2.35. The predicted octanol–water partition coefficient (Wildman–Crippen LogP) is 2.14. The third-order valence-corrected chi connectivity index (χ3v) is 5.30. The van der Waals surface area contributed by atoms with Gasteiger partial charge in [0, 0.05) is 13.5 Å². The molecular formula is C10H14Br2O4. The minimum Gasteiger partial charge on any atom is -0.353 e. The molecule has 1 spiro atoms. The van der Waals surface area contributed by atoms with Crippen molar-refractivity contribution < 1.29 is 18.9 Å². The van der Waals surface area contributed by atoms with Crippen molar-refractivity contribution in [2.45, 2.75) is 53.4 Å². The van der Waals surface area contributed by atoms with Crippen molar-refractivity contribution in [1.29, 1.82) is 0 Å². The summed E-state index contributed by atoms with van der Waals surface area (Å²) in [7, 11) is 1.63. The highest BCUT2D eigenvalue weighted by Crippen LogP contribution is 2.69. The van der Waals surface area contributed by atoms with Gasteiger partial charge in [-0.25, -0.2) is 0 Å². The largest absolute Gasteiger partial charge is 0.353 e. The summed E-state index contributed by atoms with van der Waals surface area (Å²) in [6, 6.07) is 0. The second kappa shape index (κ2) is 3.22. The Kier molecular flexibility index (Phi) is 2.39. The van der Waals surface area contributed by atoms with Gasteiger partial charge in [-0.15, -0.1) is 0 Å². The molecule has 2 heterocycles. The Bertz CT molecular complexity index is 333. The average Bonchev–Trinajstić information content (AvgIpc) is 2.45. The van der Waals surface area contributed by atoms with Gasteiger partial charge in [0.2, 0.25) is 0 Å². The maximum absolute atomic E-state index is 5.93. The van der Waals surface area contributed by atoms with Crippen LogP contribution in [0.15, 0.2) is 0 Å². The first-order chi connectivity index (χ1) is 7.31. The van der Waals surface area contributed by atoms with Crippen LogP contribution in [0.4, 0.5) is 0 Å². The molecule has 3 fully saturated rings. The molecule has 0 aromatic heterocycles. The second-order valence-corrected chi connectivity index (χ2v) is 8.79. The Balaban J connectivity index is 1.91. The molecule has 0 N–H and O–H groups in total. The van der Waals surface area contributed by atoms with Gasteiger partial charge < -0.3 is 18.9 Å². The number of hydrogen-bond acceptors (Lipinski definition) is 4. The predicted molar refractivity (Wildman–Crippen MR) is 63.6 cm³/mol. The number of alkyl halides is 2. The Morgan fingerprint density at radius 3 is 2.31 bits per heavy atom. The first kappa shape index (κ1) is 11.9. The fraction of sp³-hybridized carbons (Fsp3) is 1.00. The number of rotatable bonds is 1. The van der Waals surface area contributed by atoms with Gasteiger partial charge in [-0.2, -0.15) is 0 Å². The molecule has 0 amide bonds. The summed E-state index contributed by atoms with van der Waals surface area (Å²) in [4.78, 5) is 0. The molecule has 3 aliphatic rings. The van der Waals surface area contributed by atoms with Crippen molar-refractivity contribution in [3.8, 4) is 0 Å². The van der Waals surface area contributed by atoms with Crippen LogP contribution in [0.3, 0.4) is 0 Å². The molecule has 4 atom stereocenters. The molecule has 0 radical (unpaired) electrons. The molecule has 4 nitrogen and oxygen atoms in total. The minimum atomic E-state index is -0.568. The van der Waals surface area contributed by atoms with E-state index in [9.17, 15) is 0 Å². The Hall–Kier alpha value is 0.800. The molecule has 16 heavy (non-hydrogen) atoms. The van der Waals surface area contributed by atoms with Gasteiger partial charge in [0.05, 0.1) is 0 Å².